The second kappa shape index (κ2) is 4.04. The molecule has 3 nitrogen and oxygen atoms in total. The van der Waals surface area contributed by atoms with Crippen LogP contribution in [0.15, 0.2) is 24.3 Å². The zero-order valence-electron chi connectivity index (χ0n) is 8.33. The van der Waals surface area contributed by atoms with E-state index in [0.717, 1.165) is 16.6 Å². The first kappa shape index (κ1) is 10.2. The Hall–Kier alpha value is -1.32. The minimum absolute atomic E-state index is 0.408. The average Bonchev–Trinajstić information content (AvgIpc) is 2.29. The molecule has 15 heavy (non-hydrogen) atoms. The van der Waals surface area contributed by atoms with Crippen molar-refractivity contribution in [2.45, 2.75) is 6.54 Å². The van der Waals surface area contributed by atoms with Crippen molar-refractivity contribution in [2.75, 3.05) is 7.11 Å². The van der Waals surface area contributed by atoms with Crippen LogP contribution in [0.4, 0.5) is 0 Å². The van der Waals surface area contributed by atoms with Crippen molar-refractivity contribution in [1.29, 1.82) is 0 Å². The zero-order valence-corrected chi connectivity index (χ0v) is 9.08. The maximum absolute atomic E-state index is 6.05. The summed E-state index contributed by atoms with van der Waals surface area (Å²) in [6, 6.07) is 7.38. The van der Waals surface area contributed by atoms with E-state index in [4.69, 9.17) is 22.1 Å². The van der Waals surface area contributed by atoms with Gasteiger partial charge in [0.25, 0.3) is 0 Å². The van der Waals surface area contributed by atoms with Crippen molar-refractivity contribution < 1.29 is 4.74 Å². The summed E-state index contributed by atoms with van der Waals surface area (Å²) in [6.07, 6.45) is 0. The van der Waals surface area contributed by atoms with Crippen LogP contribution in [0, 0.1) is 0 Å². The second-order valence-corrected chi connectivity index (χ2v) is 3.56. The minimum Gasteiger partial charge on any atom is -0.494 e. The fraction of sp³-hybridized carbons (Fsp3) is 0.182. The highest BCUT2D eigenvalue weighted by Crippen LogP contribution is 2.29. The zero-order chi connectivity index (χ0) is 10.8. The normalized spacial score (nSPS) is 10.6. The van der Waals surface area contributed by atoms with Gasteiger partial charge in [0.15, 0.2) is 0 Å². The first-order valence-corrected chi connectivity index (χ1v) is 4.96. The number of fused-ring (bicyclic) bond motifs is 1. The van der Waals surface area contributed by atoms with Gasteiger partial charge in [-0.3, -0.25) is 0 Å². The van der Waals surface area contributed by atoms with E-state index in [1.165, 1.54) is 0 Å². The topological polar surface area (TPSA) is 48.1 Å². The molecule has 0 fully saturated rings. The minimum atomic E-state index is 0.408. The van der Waals surface area contributed by atoms with Crippen LogP contribution < -0.4 is 10.5 Å². The van der Waals surface area contributed by atoms with E-state index in [1.807, 2.05) is 12.1 Å². The molecule has 2 rings (SSSR count). The first-order valence-electron chi connectivity index (χ1n) is 4.58. The van der Waals surface area contributed by atoms with Crippen LogP contribution in [0.2, 0.25) is 5.02 Å². The van der Waals surface area contributed by atoms with Crippen molar-refractivity contribution >= 4 is 22.5 Å². The van der Waals surface area contributed by atoms with Crippen LogP contribution >= 0.6 is 11.6 Å². The lowest BCUT2D eigenvalue weighted by Crippen LogP contribution is -2.00. The van der Waals surface area contributed by atoms with Gasteiger partial charge in [0, 0.05) is 11.9 Å². The molecule has 0 atom stereocenters. The number of hydrogen-bond donors (Lipinski definition) is 1. The highest BCUT2D eigenvalue weighted by Gasteiger charge is 2.06. The Kier molecular flexibility index (Phi) is 2.75. The number of rotatable bonds is 2. The van der Waals surface area contributed by atoms with Crippen LogP contribution in [-0.2, 0) is 6.54 Å². The molecule has 78 valence electrons. The number of pyridine rings is 1. The predicted octanol–water partition coefficient (Wildman–Crippen LogP) is 2.36. The molecular formula is C11H11ClN2O. The molecule has 0 aliphatic heterocycles. The Morgan fingerprint density at radius 3 is 2.80 bits per heavy atom. The summed E-state index contributed by atoms with van der Waals surface area (Å²) >= 11 is 6.05. The van der Waals surface area contributed by atoms with Crippen molar-refractivity contribution in [1.82, 2.24) is 4.98 Å². The third kappa shape index (κ3) is 1.76. The molecule has 0 saturated heterocycles. The summed E-state index contributed by atoms with van der Waals surface area (Å²) < 4.78 is 5.22. The molecular weight excluding hydrogens is 212 g/mol. The number of benzene rings is 1. The summed E-state index contributed by atoms with van der Waals surface area (Å²) in [5, 5.41) is 1.55. The van der Waals surface area contributed by atoms with Crippen LogP contribution in [-0.4, -0.2) is 12.1 Å². The molecule has 0 aliphatic rings. The lowest BCUT2D eigenvalue weighted by atomic mass is 10.2. The largest absolute Gasteiger partial charge is 0.494 e. The number of methoxy groups -OCH3 is 1. The van der Waals surface area contributed by atoms with E-state index >= 15 is 0 Å². The van der Waals surface area contributed by atoms with E-state index in [-0.39, 0.29) is 0 Å². The van der Waals surface area contributed by atoms with E-state index in [9.17, 15) is 0 Å². The molecule has 0 radical (unpaired) electrons. The monoisotopic (exact) mass is 222 g/mol. The molecule has 1 aromatic carbocycles. The number of nitrogens with zero attached hydrogens (tertiary/aromatic N) is 1. The van der Waals surface area contributed by atoms with E-state index in [1.54, 1.807) is 19.2 Å². The van der Waals surface area contributed by atoms with E-state index in [2.05, 4.69) is 4.98 Å². The number of nitrogens with two attached hydrogens (primary N) is 1. The summed E-state index contributed by atoms with van der Waals surface area (Å²) in [7, 11) is 1.61. The molecule has 0 amide bonds. The number of aromatic nitrogens is 1. The highest BCUT2D eigenvalue weighted by atomic mass is 35.5. The van der Waals surface area contributed by atoms with Gasteiger partial charge in [-0.25, -0.2) is 4.98 Å². The van der Waals surface area contributed by atoms with Gasteiger partial charge in [-0.2, -0.15) is 0 Å². The van der Waals surface area contributed by atoms with Gasteiger partial charge < -0.3 is 10.5 Å². The van der Waals surface area contributed by atoms with Crippen molar-refractivity contribution in [2.24, 2.45) is 5.73 Å². The average molecular weight is 223 g/mol. The number of ether oxygens (including phenoxy) is 1. The molecule has 2 aromatic rings. The van der Waals surface area contributed by atoms with Gasteiger partial charge in [0.1, 0.15) is 11.3 Å². The van der Waals surface area contributed by atoms with Crippen LogP contribution in [0.1, 0.15) is 5.69 Å². The Morgan fingerprint density at radius 2 is 2.13 bits per heavy atom. The highest BCUT2D eigenvalue weighted by molar-refractivity contribution is 6.35. The third-order valence-electron chi connectivity index (χ3n) is 2.25. The van der Waals surface area contributed by atoms with Crippen molar-refractivity contribution in [3.8, 4) is 5.75 Å². The van der Waals surface area contributed by atoms with Gasteiger partial charge in [0.05, 0.1) is 17.8 Å². The fourth-order valence-electron chi connectivity index (χ4n) is 1.48. The first-order chi connectivity index (χ1) is 7.26. The maximum Gasteiger partial charge on any atom is 0.145 e. The predicted molar refractivity (Wildman–Crippen MR) is 61.2 cm³/mol. The summed E-state index contributed by atoms with van der Waals surface area (Å²) in [5.41, 5.74) is 7.11. The Labute approximate surface area is 92.8 Å². The summed E-state index contributed by atoms with van der Waals surface area (Å²) in [5.74, 6) is 0.713. The lowest BCUT2D eigenvalue weighted by molar-refractivity contribution is 0.419. The molecule has 2 N–H and O–H groups in total. The van der Waals surface area contributed by atoms with Gasteiger partial charge in [-0.1, -0.05) is 11.6 Å². The maximum atomic E-state index is 6.05. The van der Waals surface area contributed by atoms with E-state index in [0.29, 0.717) is 17.3 Å². The Bertz CT molecular complexity index is 499. The second-order valence-electron chi connectivity index (χ2n) is 3.15. The Morgan fingerprint density at radius 1 is 1.33 bits per heavy atom. The van der Waals surface area contributed by atoms with Gasteiger partial charge in [0.2, 0.25) is 0 Å². The summed E-state index contributed by atoms with van der Waals surface area (Å²) in [6.45, 7) is 0.408. The standard InChI is InChI=1S/C11H11ClN2O/c1-15-10-5-4-9(12)8-3-2-7(6-13)14-11(8)10/h2-5H,6,13H2,1H3. The smallest absolute Gasteiger partial charge is 0.145 e. The molecule has 1 aromatic heterocycles. The van der Waals surface area contributed by atoms with Gasteiger partial charge in [-0.05, 0) is 24.3 Å². The van der Waals surface area contributed by atoms with Crippen LogP contribution in [0.5, 0.6) is 5.75 Å². The third-order valence-corrected chi connectivity index (χ3v) is 2.58. The van der Waals surface area contributed by atoms with Crippen LogP contribution in [0.25, 0.3) is 10.9 Å². The molecule has 1 heterocycles. The molecule has 0 spiro atoms. The molecule has 0 saturated carbocycles. The van der Waals surface area contributed by atoms with Crippen molar-refractivity contribution in [3.63, 3.8) is 0 Å². The van der Waals surface area contributed by atoms with Crippen molar-refractivity contribution in [3.05, 3.63) is 35.0 Å². The fourth-order valence-corrected chi connectivity index (χ4v) is 1.69. The SMILES string of the molecule is COc1ccc(Cl)c2ccc(CN)nc12. The quantitative estimate of drug-likeness (QED) is 0.849. The van der Waals surface area contributed by atoms with Gasteiger partial charge >= 0.3 is 0 Å². The molecule has 0 bridgehead atoms. The molecule has 0 unspecified atom stereocenters. The number of halogens is 1. The summed E-state index contributed by atoms with van der Waals surface area (Å²) in [4.78, 5) is 4.39. The molecule has 4 heteroatoms. The molecule has 0 aliphatic carbocycles. The lowest BCUT2D eigenvalue weighted by Gasteiger charge is -2.07. The van der Waals surface area contributed by atoms with Gasteiger partial charge in [-0.15, -0.1) is 0 Å². The Balaban J connectivity index is 2.77. The number of hydrogen-bond acceptors (Lipinski definition) is 3. The van der Waals surface area contributed by atoms with Crippen LogP contribution in [0.3, 0.4) is 0 Å². The van der Waals surface area contributed by atoms with E-state index < -0.39 is 0 Å².